The van der Waals surface area contributed by atoms with Gasteiger partial charge >= 0.3 is 0 Å². The topological polar surface area (TPSA) is 98.1 Å². The second kappa shape index (κ2) is 11.3. The van der Waals surface area contributed by atoms with Crippen LogP contribution in [0.25, 0.3) is 0 Å². The third-order valence-corrected chi connectivity index (χ3v) is 10.2. The highest BCUT2D eigenvalue weighted by molar-refractivity contribution is 7.99. The molecule has 216 valence electrons. The first-order chi connectivity index (χ1) is 20.7. The van der Waals surface area contributed by atoms with Crippen molar-refractivity contribution < 1.29 is 8.78 Å². The minimum Gasteiger partial charge on any atom is -0.344 e. The molecule has 0 saturated heterocycles. The quantitative estimate of drug-likeness (QED) is 0.306. The fourth-order valence-electron chi connectivity index (χ4n) is 5.45. The van der Waals surface area contributed by atoms with E-state index in [4.69, 9.17) is 0 Å². The molecule has 0 radical (unpaired) electrons. The molecule has 2 aliphatic heterocycles. The molecule has 0 aliphatic carbocycles. The van der Waals surface area contributed by atoms with Crippen LogP contribution < -0.4 is 20.9 Å². The summed E-state index contributed by atoms with van der Waals surface area (Å²) in [4.78, 5) is 31.8. The third-order valence-electron chi connectivity index (χ3n) is 7.88. The van der Waals surface area contributed by atoms with E-state index in [9.17, 15) is 28.9 Å². The van der Waals surface area contributed by atoms with Crippen LogP contribution >= 0.6 is 23.5 Å². The Morgan fingerprint density at radius 2 is 1.07 bits per heavy atom. The van der Waals surface area contributed by atoms with Gasteiger partial charge in [0.1, 0.15) is 23.8 Å². The van der Waals surface area contributed by atoms with Crippen molar-refractivity contribution in [3.63, 3.8) is 0 Å². The minimum atomic E-state index is -0.363. The van der Waals surface area contributed by atoms with Gasteiger partial charge in [0, 0.05) is 28.9 Å². The Morgan fingerprint density at radius 1 is 0.698 bits per heavy atom. The average molecular weight is 615 g/mol. The van der Waals surface area contributed by atoms with E-state index in [2.05, 4.69) is 12.1 Å². The molecule has 0 saturated carbocycles. The molecule has 0 atom stereocenters. The number of aromatic nitrogens is 2. The molecule has 43 heavy (non-hydrogen) atoms. The van der Waals surface area contributed by atoms with Crippen molar-refractivity contribution >= 4 is 34.9 Å². The monoisotopic (exact) mass is 614 g/mol. The fourth-order valence-corrected chi connectivity index (χ4v) is 7.75. The maximum atomic E-state index is 14.0. The highest BCUT2D eigenvalue weighted by atomic mass is 32.2. The molecule has 0 bridgehead atoms. The van der Waals surface area contributed by atoms with Gasteiger partial charge in [0.2, 0.25) is 0 Å². The summed E-state index contributed by atoms with van der Waals surface area (Å²) in [6.07, 6.45) is -0.0539. The summed E-state index contributed by atoms with van der Waals surface area (Å²) in [7, 11) is 0. The minimum absolute atomic E-state index is 0.0539. The van der Waals surface area contributed by atoms with Crippen LogP contribution in [0.2, 0.25) is 0 Å². The number of thioether (sulfide) groups is 2. The Hall–Kier alpha value is -4.52. The zero-order valence-corrected chi connectivity index (χ0v) is 24.9. The van der Waals surface area contributed by atoms with Gasteiger partial charge in [-0.05, 0) is 73.5 Å². The van der Waals surface area contributed by atoms with Gasteiger partial charge in [-0.25, -0.2) is 8.78 Å². The van der Waals surface area contributed by atoms with E-state index in [0.717, 1.165) is 11.4 Å². The largest absolute Gasteiger partial charge is 0.344 e. The van der Waals surface area contributed by atoms with Crippen LogP contribution in [0.15, 0.2) is 68.2 Å². The number of pyridine rings is 2. The Kier molecular flexibility index (Phi) is 7.50. The van der Waals surface area contributed by atoms with E-state index < -0.39 is 0 Å². The Labute approximate surface area is 254 Å². The van der Waals surface area contributed by atoms with Crippen LogP contribution in [-0.4, -0.2) is 20.9 Å². The molecular weight excluding hydrogens is 591 g/mol. The van der Waals surface area contributed by atoms with E-state index in [0.29, 0.717) is 55.2 Å². The molecule has 8 nitrogen and oxygen atoms in total. The van der Waals surface area contributed by atoms with E-state index >= 15 is 0 Å². The summed E-state index contributed by atoms with van der Waals surface area (Å²) in [5, 5.41) is 21.3. The van der Waals surface area contributed by atoms with Gasteiger partial charge in [-0.3, -0.25) is 18.7 Å². The molecule has 4 aromatic rings. The van der Waals surface area contributed by atoms with Gasteiger partial charge in [0.25, 0.3) is 11.1 Å². The lowest BCUT2D eigenvalue weighted by molar-refractivity contribution is 0.570. The Morgan fingerprint density at radius 3 is 1.42 bits per heavy atom. The summed E-state index contributed by atoms with van der Waals surface area (Å²) in [6.45, 7) is 3.74. The number of benzene rings is 2. The first-order valence-corrected chi connectivity index (χ1v) is 15.3. The lowest BCUT2D eigenvalue weighted by Crippen LogP contribution is -2.41. The first kappa shape index (κ1) is 28.6. The normalized spacial score (nSPS) is 14.1. The molecule has 6 rings (SSSR count). The van der Waals surface area contributed by atoms with Gasteiger partial charge in [-0.15, -0.1) is 0 Å². The summed E-state index contributed by atoms with van der Waals surface area (Å²) in [6, 6.07) is 16.5. The molecule has 0 fully saturated rings. The van der Waals surface area contributed by atoms with Crippen LogP contribution in [0.4, 0.5) is 20.2 Å². The van der Waals surface area contributed by atoms with Gasteiger partial charge in [-0.2, -0.15) is 10.5 Å². The average Bonchev–Trinajstić information content (AvgIpc) is 3.02. The lowest BCUT2D eigenvalue weighted by Gasteiger charge is -2.33. The maximum absolute atomic E-state index is 14.0. The van der Waals surface area contributed by atoms with Gasteiger partial charge in [0.15, 0.2) is 0 Å². The van der Waals surface area contributed by atoms with Crippen molar-refractivity contribution in [3.8, 4) is 12.1 Å². The van der Waals surface area contributed by atoms with Crippen molar-refractivity contribution in [1.29, 1.82) is 10.5 Å². The molecule has 0 amide bonds. The van der Waals surface area contributed by atoms with Crippen molar-refractivity contribution in [2.24, 2.45) is 0 Å². The van der Waals surface area contributed by atoms with Crippen LogP contribution in [-0.2, 0) is 19.8 Å². The molecule has 2 aromatic carbocycles. The van der Waals surface area contributed by atoms with Crippen molar-refractivity contribution in [1.82, 2.24) is 9.13 Å². The molecule has 2 aliphatic rings. The van der Waals surface area contributed by atoms with Crippen LogP contribution in [0, 0.1) is 48.1 Å². The second-order valence-corrected chi connectivity index (χ2v) is 12.2. The summed E-state index contributed by atoms with van der Waals surface area (Å²) in [5.74, 6) is 0.214. The van der Waals surface area contributed by atoms with Gasteiger partial charge < -0.3 is 9.80 Å². The Balaban J connectivity index is 1.43. The predicted octanol–water partition coefficient (Wildman–Crippen LogP) is 5.29. The maximum Gasteiger partial charge on any atom is 0.256 e. The Bertz CT molecular complexity index is 1830. The van der Waals surface area contributed by atoms with E-state index in [-0.39, 0.29) is 42.5 Å². The fraction of sp³-hybridized carbons (Fsp3) is 0.226. The predicted molar refractivity (Wildman–Crippen MR) is 162 cm³/mol. The highest BCUT2D eigenvalue weighted by Crippen LogP contribution is 2.35. The molecule has 12 heteroatoms. The van der Waals surface area contributed by atoms with Gasteiger partial charge in [-0.1, -0.05) is 23.5 Å². The van der Waals surface area contributed by atoms with Crippen LogP contribution in [0.3, 0.4) is 0 Å². The molecular formula is C31H24F2N6O2S2. The standard InChI is InChI=1S/C31H24F2N6O2S2/c1-18-24(28(40)38-14-36(16-42-30(38)26(18)12-34)22-7-3-20(32)4-8-22)11-25-19(2)27(13-35)31-39(29(25)41)15-37(17-43-31)23-9-5-21(33)6-10-23/h3-10H,11,14-17H2,1-2H3. The number of fused-ring (bicyclic) bond motifs is 2. The highest BCUT2D eigenvalue weighted by Gasteiger charge is 2.29. The van der Waals surface area contributed by atoms with E-state index in [1.54, 1.807) is 38.1 Å². The molecule has 0 spiro atoms. The zero-order chi connectivity index (χ0) is 30.4. The summed E-state index contributed by atoms with van der Waals surface area (Å²) in [5.41, 5.74) is 3.18. The van der Waals surface area contributed by atoms with Crippen molar-refractivity contribution in [3.05, 3.63) is 114 Å². The van der Waals surface area contributed by atoms with Gasteiger partial charge in [0.05, 0.1) is 46.3 Å². The number of nitriles is 2. The molecule has 0 unspecified atom stereocenters. The third kappa shape index (κ3) is 4.97. The molecule has 0 N–H and O–H groups in total. The smallest absolute Gasteiger partial charge is 0.256 e. The number of rotatable bonds is 4. The van der Waals surface area contributed by atoms with Crippen molar-refractivity contribution in [2.75, 3.05) is 21.6 Å². The lowest BCUT2D eigenvalue weighted by atomic mass is 9.95. The number of hydrogen-bond donors (Lipinski definition) is 0. The molecule has 2 aromatic heterocycles. The van der Waals surface area contributed by atoms with Crippen LogP contribution in [0.1, 0.15) is 33.4 Å². The number of nitrogens with zero attached hydrogens (tertiary/aromatic N) is 6. The summed E-state index contributed by atoms with van der Waals surface area (Å²) < 4.78 is 30.1. The van der Waals surface area contributed by atoms with Crippen molar-refractivity contribution in [2.45, 2.75) is 43.7 Å². The summed E-state index contributed by atoms with van der Waals surface area (Å²) >= 11 is 2.70. The van der Waals surface area contributed by atoms with E-state index in [1.807, 2.05) is 9.80 Å². The number of anilines is 2. The van der Waals surface area contributed by atoms with Crippen LogP contribution in [0.5, 0.6) is 0 Å². The first-order valence-electron chi connectivity index (χ1n) is 13.3. The number of halogens is 2. The number of hydrogen-bond acceptors (Lipinski definition) is 8. The zero-order valence-electron chi connectivity index (χ0n) is 23.2. The second-order valence-electron chi connectivity index (χ2n) is 10.3. The van der Waals surface area contributed by atoms with E-state index in [1.165, 1.54) is 56.9 Å². The SMILES string of the molecule is Cc1c(C#N)c2n(c(=O)c1Cc1c(C)c(C#N)c3n(c1=O)CN(c1ccc(F)cc1)CS3)CN(c1ccc(F)cc1)CS2. The molecule has 4 heterocycles.